The number of aryl methyl sites for hydroxylation is 2. The Kier molecular flexibility index (Phi) is 6.08. The highest BCUT2D eigenvalue weighted by Gasteiger charge is 2.26. The maximum absolute atomic E-state index is 13.2. The summed E-state index contributed by atoms with van der Waals surface area (Å²) in [5.41, 5.74) is 1.21. The van der Waals surface area contributed by atoms with E-state index in [0.29, 0.717) is 30.1 Å². The van der Waals surface area contributed by atoms with Gasteiger partial charge in [0.2, 0.25) is 5.91 Å². The van der Waals surface area contributed by atoms with Gasteiger partial charge in [-0.1, -0.05) is 11.8 Å². The topological polar surface area (TPSA) is 64.4 Å². The van der Waals surface area contributed by atoms with Gasteiger partial charge in [0.05, 0.1) is 24.3 Å². The predicted molar refractivity (Wildman–Crippen MR) is 114 cm³/mol. The van der Waals surface area contributed by atoms with E-state index in [9.17, 15) is 9.59 Å². The van der Waals surface area contributed by atoms with Crippen LogP contribution in [-0.4, -0.2) is 52.4 Å². The van der Waals surface area contributed by atoms with Crippen LogP contribution in [-0.2, 0) is 28.9 Å². The van der Waals surface area contributed by atoms with Crippen molar-refractivity contribution >= 4 is 39.2 Å². The summed E-state index contributed by atoms with van der Waals surface area (Å²) in [5, 5.41) is 1.42. The van der Waals surface area contributed by atoms with Crippen molar-refractivity contribution < 1.29 is 9.53 Å². The maximum atomic E-state index is 13.2. The van der Waals surface area contributed by atoms with Crippen LogP contribution in [0.25, 0.3) is 10.2 Å². The highest BCUT2D eigenvalue weighted by atomic mass is 32.2. The number of fused-ring (bicyclic) bond motifs is 3. The van der Waals surface area contributed by atoms with Gasteiger partial charge in [0, 0.05) is 24.6 Å². The molecular formula is C20H27N3O3S2. The van der Waals surface area contributed by atoms with Crippen LogP contribution in [0.15, 0.2) is 9.95 Å². The molecule has 1 aliphatic carbocycles. The van der Waals surface area contributed by atoms with Crippen molar-refractivity contribution in [3.05, 3.63) is 20.8 Å². The van der Waals surface area contributed by atoms with E-state index in [1.54, 1.807) is 23.0 Å². The molecule has 6 nitrogen and oxygen atoms in total. The number of methoxy groups -OCH3 is 1. The lowest BCUT2D eigenvalue weighted by Gasteiger charge is -2.33. The summed E-state index contributed by atoms with van der Waals surface area (Å²) in [4.78, 5) is 34.9. The zero-order chi connectivity index (χ0) is 19.7. The number of rotatable bonds is 6. The fourth-order valence-electron chi connectivity index (χ4n) is 4.23. The Morgan fingerprint density at radius 3 is 2.96 bits per heavy atom. The molecule has 1 saturated heterocycles. The number of ether oxygens (including phenoxy) is 1. The first kappa shape index (κ1) is 19.9. The Labute approximate surface area is 173 Å². The first-order chi connectivity index (χ1) is 13.6. The summed E-state index contributed by atoms with van der Waals surface area (Å²) in [7, 11) is 1.63. The van der Waals surface area contributed by atoms with Gasteiger partial charge in [0.1, 0.15) is 4.83 Å². The summed E-state index contributed by atoms with van der Waals surface area (Å²) in [6, 6.07) is 0.299. The average molecular weight is 422 g/mol. The molecule has 2 aliphatic rings. The number of piperidine rings is 1. The number of hydrogen-bond donors (Lipinski definition) is 0. The van der Waals surface area contributed by atoms with Crippen molar-refractivity contribution in [2.75, 3.05) is 26.0 Å². The molecule has 0 saturated carbocycles. The van der Waals surface area contributed by atoms with Gasteiger partial charge in [-0.2, -0.15) is 0 Å². The first-order valence-electron chi connectivity index (χ1n) is 10.1. The van der Waals surface area contributed by atoms with Gasteiger partial charge in [0.25, 0.3) is 5.56 Å². The van der Waals surface area contributed by atoms with Crippen LogP contribution in [0.5, 0.6) is 0 Å². The van der Waals surface area contributed by atoms with E-state index in [1.807, 2.05) is 4.90 Å². The van der Waals surface area contributed by atoms with E-state index in [4.69, 9.17) is 9.72 Å². The van der Waals surface area contributed by atoms with Crippen LogP contribution in [0.3, 0.4) is 0 Å². The Balaban J connectivity index is 1.62. The van der Waals surface area contributed by atoms with Crippen molar-refractivity contribution in [3.8, 4) is 0 Å². The number of nitrogens with zero attached hydrogens (tertiary/aromatic N) is 3. The summed E-state index contributed by atoms with van der Waals surface area (Å²) < 4.78 is 6.91. The number of hydrogen-bond acceptors (Lipinski definition) is 6. The molecule has 0 bridgehead atoms. The Morgan fingerprint density at radius 1 is 1.32 bits per heavy atom. The predicted octanol–water partition coefficient (Wildman–Crippen LogP) is 3.09. The molecule has 8 heteroatoms. The zero-order valence-electron chi connectivity index (χ0n) is 16.5. The highest BCUT2D eigenvalue weighted by molar-refractivity contribution is 7.99. The minimum atomic E-state index is 0.0164. The van der Waals surface area contributed by atoms with Crippen molar-refractivity contribution in [1.82, 2.24) is 14.5 Å². The fourth-order valence-corrected chi connectivity index (χ4v) is 6.44. The second kappa shape index (κ2) is 8.55. The number of thiophene rings is 1. The molecular weight excluding hydrogens is 394 g/mol. The molecule has 1 amide bonds. The largest absolute Gasteiger partial charge is 0.383 e. The second-order valence-electron chi connectivity index (χ2n) is 7.60. The lowest BCUT2D eigenvalue weighted by atomic mass is 10.0. The molecule has 1 aliphatic heterocycles. The summed E-state index contributed by atoms with van der Waals surface area (Å²) in [6.45, 7) is 3.86. The first-order valence-corrected chi connectivity index (χ1v) is 11.9. The molecule has 0 aromatic carbocycles. The lowest BCUT2D eigenvalue weighted by Crippen LogP contribution is -2.43. The zero-order valence-corrected chi connectivity index (χ0v) is 18.2. The summed E-state index contributed by atoms with van der Waals surface area (Å²) >= 11 is 3.03. The SMILES string of the molecule is COCCn1c(SCC(=O)N2CCCC[C@@H]2C)nc2sc3c(c2c1=O)CCC3. The molecule has 152 valence electrons. The van der Waals surface area contributed by atoms with E-state index in [-0.39, 0.29) is 11.5 Å². The Morgan fingerprint density at radius 2 is 2.18 bits per heavy atom. The Hall–Kier alpha value is -1.38. The van der Waals surface area contributed by atoms with Crippen LogP contribution in [0, 0.1) is 0 Å². The number of carbonyl (C=O) groups excluding carboxylic acids is 1. The van der Waals surface area contributed by atoms with Crippen molar-refractivity contribution in [1.29, 1.82) is 0 Å². The van der Waals surface area contributed by atoms with Gasteiger partial charge in [-0.3, -0.25) is 14.2 Å². The third kappa shape index (κ3) is 3.74. The number of amides is 1. The summed E-state index contributed by atoms with van der Waals surface area (Å²) in [6.07, 6.45) is 6.46. The second-order valence-corrected chi connectivity index (χ2v) is 9.63. The molecule has 0 unspecified atom stereocenters. The van der Waals surface area contributed by atoms with Gasteiger partial charge >= 0.3 is 0 Å². The smallest absolute Gasteiger partial charge is 0.263 e. The van der Waals surface area contributed by atoms with E-state index >= 15 is 0 Å². The minimum Gasteiger partial charge on any atom is -0.383 e. The number of likely N-dealkylation sites (tertiary alicyclic amines) is 1. The molecule has 2 aromatic rings. The normalized spacial score (nSPS) is 19.4. The van der Waals surface area contributed by atoms with E-state index in [1.165, 1.54) is 28.6 Å². The number of carbonyl (C=O) groups is 1. The van der Waals surface area contributed by atoms with E-state index in [0.717, 1.165) is 48.9 Å². The van der Waals surface area contributed by atoms with Gasteiger partial charge in [-0.15, -0.1) is 11.3 Å². The van der Waals surface area contributed by atoms with Gasteiger partial charge in [-0.25, -0.2) is 4.98 Å². The molecule has 28 heavy (non-hydrogen) atoms. The van der Waals surface area contributed by atoms with E-state index in [2.05, 4.69) is 6.92 Å². The van der Waals surface area contributed by atoms with E-state index < -0.39 is 0 Å². The third-order valence-corrected chi connectivity index (χ3v) is 7.90. The van der Waals surface area contributed by atoms with Crippen LogP contribution in [0.2, 0.25) is 0 Å². The molecule has 3 heterocycles. The van der Waals surface area contributed by atoms with Crippen LogP contribution in [0.1, 0.15) is 43.0 Å². The lowest BCUT2D eigenvalue weighted by molar-refractivity contribution is -0.131. The van der Waals surface area contributed by atoms with Crippen molar-refractivity contribution in [2.24, 2.45) is 0 Å². The highest BCUT2D eigenvalue weighted by Crippen LogP contribution is 2.35. The molecule has 0 radical (unpaired) electrons. The Bertz CT molecular complexity index is 937. The molecule has 1 fully saturated rings. The minimum absolute atomic E-state index is 0.0164. The molecule has 0 N–H and O–H groups in total. The van der Waals surface area contributed by atoms with Crippen LogP contribution >= 0.6 is 23.1 Å². The van der Waals surface area contributed by atoms with Gasteiger partial charge in [0.15, 0.2) is 5.16 Å². The number of aromatic nitrogens is 2. The third-order valence-electron chi connectivity index (χ3n) is 5.76. The summed E-state index contributed by atoms with van der Waals surface area (Å²) in [5.74, 6) is 0.457. The quantitative estimate of drug-likeness (QED) is 0.530. The molecule has 2 aromatic heterocycles. The maximum Gasteiger partial charge on any atom is 0.263 e. The van der Waals surface area contributed by atoms with Crippen LogP contribution < -0.4 is 5.56 Å². The van der Waals surface area contributed by atoms with Crippen molar-refractivity contribution in [3.63, 3.8) is 0 Å². The molecule has 0 spiro atoms. The molecule has 1 atom stereocenters. The average Bonchev–Trinajstić information content (AvgIpc) is 3.26. The van der Waals surface area contributed by atoms with Crippen LogP contribution in [0.4, 0.5) is 0 Å². The fraction of sp³-hybridized carbons (Fsp3) is 0.650. The standard InChI is InChI=1S/C20H27N3O3S2/c1-13-6-3-4-9-22(13)16(24)12-27-20-21-18-17(14-7-5-8-15(14)28-18)19(25)23(20)10-11-26-2/h13H,3-12H2,1-2H3/t13-/m0/s1. The van der Waals surface area contributed by atoms with Gasteiger partial charge in [-0.05, 0) is 51.0 Å². The monoisotopic (exact) mass is 421 g/mol. The molecule has 4 rings (SSSR count). The van der Waals surface area contributed by atoms with Gasteiger partial charge < -0.3 is 9.64 Å². The number of thioether (sulfide) groups is 1. The van der Waals surface area contributed by atoms with Crippen molar-refractivity contribution in [2.45, 2.75) is 63.2 Å².